The number of nitrogens with zero attached hydrogens (tertiary/aromatic N) is 2. The molecule has 0 bridgehead atoms. The van der Waals surface area contributed by atoms with E-state index in [1.165, 1.54) is 15.9 Å². The minimum absolute atomic E-state index is 0.252. The van der Waals surface area contributed by atoms with Crippen molar-refractivity contribution in [3.05, 3.63) is 89.4 Å². The molecule has 0 aliphatic rings. The second kappa shape index (κ2) is 8.58. The van der Waals surface area contributed by atoms with Crippen molar-refractivity contribution < 1.29 is 4.79 Å². The van der Waals surface area contributed by atoms with Crippen molar-refractivity contribution in [2.45, 2.75) is 27.3 Å². The van der Waals surface area contributed by atoms with Gasteiger partial charge in [-0.1, -0.05) is 29.3 Å². The number of aryl methyl sites for hydroxylation is 3. The second-order valence-electron chi connectivity index (χ2n) is 7.46. The van der Waals surface area contributed by atoms with E-state index in [4.69, 9.17) is 23.2 Å². The lowest BCUT2D eigenvalue weighted by molar-refractivity contribution is -0.116. The number of benzene rings is 2. The van der Waals surface area contributed by atoms with Gasteiger partial charge in [0.05, 0.1) is 11.1 Å². The van der Waals surface area contributed by atoms with Crippen LogP contribution in [-0.4, -0.2) is 15.0 Å². The Kier molecular flexibility index (Phi) is 5.99. The number of aromatic nitrogens is 2. The van der Waals surface area contributed by atoms with Crippen molar-refractivity contribution in [3.63, 3.8) is 0 Å². The van der Waals surface area contributed by atoms with Gasteiger partial charge in [0.25, 0.3) is 5.56 Å². The average Bonchev–Trinajstić information content (AvgIpc) is 3.02. The van der Waals surface area contributed by atoms with Crippen molar-refractivity contribution in [3.8, 4) is 5.69 Å². The van der Waals surface area contributed by atoms with E-state index in [0.29, 0.717) is 31.6 Å². The number of thiophene rings is 1. The van der Waals surface area contributed by atoms with Crippen LogP contribution in [-0.2, 0) is 11.3 Å². The fourth-order valence-corrected chi connectivity index (χ4v) is 5.09. The van der Waals surface area contributed by atoms with Crippen LogP contribution in [0.15, 0.2) is 52.1 Å². The lowest BCUT2D eigenvalue weighted by atomic mass is 10.2. The molecule has 164 valence electrons. The number of carbonyl (C=O) groups is 1. The van der Waals surface area contributed by atoms with E-state index in [-0.39, 0.29) is 12.5 Å². The molecule has 0 unspecified atom stereocenters. The zero-order valence-electron chi connectivity index (χ0n) is 17.5. The van der Waals surface area contributed by atoms with E-state index in [2.05, 4.69) is 5.32 Å². The van der Waals surface area contributed by atoms with Crippen molar-refractivity contribution >= 4 is 56.3 Å². The molecule has 32 heavy (non-hydrogen) atoms. The second-order valence-corrected chi connectivity index (χ2v) is 9.54. The lowest BCUT2D eigenvalue weighted by Crippen LogP contribution is -2.40. The Labute approximate surface area is 197 Å². The first-order chi connectivity index (χ1) is 15.2. The molecule has 0 radical (unpaired) electrons. The van der Waals surface area contributed by atoms with Gasteiger partial charge < -0.3 is 5.32 Å². The van der Waals surface area contributed by atoms with Crippen LogP contribution in [0.2, 0.25) is 10.0 Å². The fraction of sp³-hybridized carbons (Fsp3) is 0.174. The Bertz CT molecular complexity index is 1500. The Morgan fingerprint density at radius 3 is 2.44 bits per heavy atom. The van der Waals surface area contributed by atoms with Gasteiger partial charge in [0.15, 0.2) is 0 Å². The van der Waals surface area contributed by atoms with Gasteiger partial charge >= 0.3 is 5.69 Å². The molecule has 2 heterocycles. The van der Waals surface area contributed by atoms with Crippen molar-refractivity contribution in [2.75, 3.05) is 5.32 Å². The van der Waals surface area contributed by atoms with Crippen LogP contribution in [0.1, 0.15) is 16.0 Å². The predicted octanol–water partition coefficient (Wildman–Crippen LogP) is 5.08. The monoisotopic (exact) mass is 487 g/mol. The first kappa shape index (κ1) is 22.3. The smallest absolute Gasteiger partial charge is 0.324 e. The highest BCUT2D eigenvalue weighted by Gasteiger charge is 2.21. The van der Waals surface area contributed by atoms with Gasteiger partial charge in [0.1, 0.15) is 11.4 Å². The maximum absolute atomic E-state index is 13.4. The molecule has 4 aromatic rings. The molecule has 0 saturated heterocycles. The molecule has 6 nitrogen and oxygen atoms in total. The quantitative estimate of drug-likeness (QED) is 0.435. The van der Waals surface area contributed by atoms with Crippen molar-refractivity contribution in [1.82, 2.24) is 9.13 Å². The number of rotatable bonds is 4. The van der Waals surface area contributed by atoms with Crippen LogP contribution in [0.25, 0.3) is 15.9 Å². The van der Waals surface area contributed by atoms with Crippen LogP contribution < -0.4 is 16.6 Å². The van der Waals surface area contributed by atoms with Gasteiger partial charge in [-0.05, 0) is 68.3 Å². The molecule has 2 aromatic carbocycles. The molecule has 0 spiro atoms. The molecule has 1 amide bonds. The molecule has 0 aliphatic carbocycles. The van der Waals surface area contributed by atoms with Gasteiger partial charge in [0, 0.05) is 20.6 Å². The van der Waals surface area contributed by atoms with Gasteiger partial charge in [-0.2, -0.15) is 0 Å². The first-order valence-electron chi connectivity index (χ1n) is 9.75. The van der Waals surface area contributed by atoms with Crippen LogP contribution >= 0.6 is 34.5 Å². The minimum Gasteiger partial charge on any atom is -0.324 e. The molecule has 0 aliphatic heterocycles. The SMILES string of the molecule is Cc1cc(Cl)ccc1NC(=O)Cn1c(=O)n(-c2cccc(Cl)c2)c(=O)c2c(C)c(C)sc21. The fourth-order valence-electron chi connectivity index (χ4n) is 3.54. The van der Waals surface area contributed by atoms with Gasteiger partial charge in [-0.15, -0.1) is 11.3 Å². The third-order valence-corrected chi connectivity index (χ3v) is 6.98. The third-order valence-electron chi connectivity index (χ3n) is 5.28. The van der Waals surface area contributed by atoms with Crippen molar-refractivity contribution in [1.29, 1.82) is 0 Å². The average molecular weight is 488 g/mol. The number of hydrogen-bond donors (Lipinski definition) is 1. The summed E-state index contributed by atoms with van der Waals surface area (Å²) < 4.78 is 2.40. The van der Waals surface area contributed by atoms with E-state index in [1.807, 2.05) is 20.8 Å². The highest BCUT2D eigenvalue weighted by Crippen LogP contribution is 2.27. The highest BCUT2D eigenvalue weighted by molar-refractivity contribution is 7.18. The molecular formula is C23H19Cl2N3O3S. The Hall–Kier alpha value is -2.87. The summed E-state index contributed by atoms with van der Waals surface area (Å²) in [5.41, 5.74) is 1.50. The van der Waals surface area contributed by atoms with Gasteiger partial charge in [-0.25, -0.2) is 9.36 Å². The molecule has 0 atom stereocenters. The number of amides is 1. The number of halogens is 2. The molecule has 4 rings (SSSR count). The summed E-state index contributed by atoms with van der Waals surface area (Å²) in [6, 6.07) is 11.6. The number of anilines is 1. The molecular weight excluding hydrogens is 469 g/mol. The molecule has 0 saturated carbocycles. The zero-order valence-corrected chi connectivity index (χ0v) is 19.9. The summed E-state index contributed by atoms with van der Waals surface area (Å²) in [5.74, 6) is -0.390. The molecule has 2 aromatic heterocycles. The van der Waals surface area contributed by atoms with E-state index in [0.717, 1.165) is 20.6 Å². The summed E-state index contributed by atoms with van der Waals surface area (Å²) in [4.78, 5) is 41.0. The normalized spacial score (nSPS) is 11.2. The Morgan fingerprint density at radius 1 is 1.03 bits per heavy atom. The van der Waals surface area contributed by atoms with Crippen LogP contribution in [0.4, 0.5) is 5.69 Å². The molecule has 0 fully saturated rings. The Morgan fingerprint density at radius 2 is 1.75 bits per heavy atom. The first-order valence-corrected chi connectivity index (χ1v) is 11.3. The third kappa shape index (κ3) is 3.99. The summed E-state index contributed by atoms with van der Waals surface area (Å²) in [7, 11) is 0. The zero-order chi connectivity index (χ0) is 23.2. The van der Waals surface area contributed by atoms with Crippen molar-refractivity contribution in [2.24, 2.45) is 0 Å². The summed E-state index contributed by atoms with van der Waals surface area (Å²) >= 11 is 13.4. The lowest BCUT2D eigenvalue weighted by Gasteiger charge is -2.13. The minimum atomic E-state index is -0.603. The maximum Gasteiger partial charge on any atom is 0.337 e. The van der Waals surface area contributed by atoms with E-state index >= 15 is 0 Å². The van der Waals surface area contributed by atoms with Crippen LogP contribution in [0, 0.1) is 20.8 Å². The van der Waals surface area contributed by atoms with Crippen LogP contribution in [0.3, 0.4) is 0 Å². The predicted molar refractivity (Wildman–Crippen MR) is 131 cm³/mol. The number of fused-ring (bicyclic) bond motifs is 1. The summed E-state index contributed by atoms with van der Waals surface area (Å²) in [5, 5.41) is 4.20. The van der Waals surface area contributed by atoms with E-state index in [1.54, 1.807) is 42.5 Å². The standard InChI is InChI=1S/C23H19Cl2N3O3S/c1-12-9-16(25)7-8-18(12)26-19(29)11-27-22-20(13(2)14(3)32-22)21(30)28(23(27)31)17-6-4-5-15(24)10-17/h4-10H,11H2,1-3H3,(H,26,29). The maximum atomic E-state index is 13.4. The van der Waals surface area contributed by atoms with E-state index in [9.17, 15) is 14.4 Å². The van der Waals surface area contributed by atoms with Crippen LogP contribution in [0.5, 0.6) is 0 Å². The summed E-state index contributed by atoms with van der Waals surface area (Å²) in [6.45, 7) is 5.30. The van der Waals surface area contributed by atoms with Gasteiger partial charge in [0.2, 0.25) is 5.91 Å². The summed E-state index contributed by atoms with van der Waals surface area (Å²) in [6.07, 6.45) is 0. The largest absolute Gasteiger partial charge is 0.337 e. The molecule has 9 heteroatoms. The number of nitrogens with one attached hydrogen (secondary N) is 1. The topological polar surface area (TPSA) is 73.1 Å². The van der Waals surface area contributed by atoms with Gasteiger partial charge in [-0.3, -0.25) is 14.2 Å². The van der Waals surface area contributed by atoms with E-state index < -0.39 is 11.2 Å². The number of hydrogen-bond acceptors (Lipinski definition) is 4. The molecule has 1 N–H and O–H groups in total. The highest BCUT2D eigenvalue weighted by atomic mass is 35.5. The Balaban J connectivity index is 1.87. The number of carbonyl (C=O) groups excluding carboxylic acids is 1.